The molecule has 0 bridgehead atoms. The van der Waals surface area contributed by atoms with Gasteiger partial charge in [-0.05, 0) is 25.5 Å². The molecule has 0 saturated carbocycles. The highest BCUT2D eigenvalue weighted by Gasteiger charge is 2.17. The molecule has 114 valence electrons. The van der Waals surface area contributed by atoms with Crippen molar-refractivity contribution in [1.29, 1.82) is 0 Å². The van der Waals surface area contributed by atoms with Crippen molar-refractivity contribution in [2.75, 3.05) is 0 Å². The SMILES string of the molecule is CCCCc1nnc(-c2cc3ccccc3n2CC(C)=O)o1. The Morgan fingerprint density at radius 2 is 2.09 bits per heavy atom. The van der Waals surface area contributed by atoms with Crippen LogP contribution in [-0.2, 0) is 17.8 Å². The fraction of sp³-hybridized carbons (Fsp3) is 0.353. The number of fused-ring (bicyclic) bond motifs is 1. The lowest BCUT2D eigenvalue weighted by Crippen LogP contribution is -2.07. The number of rotatable bonds is 6. The second-order valence-electron chi connectivity index (χ2n) is 5.48. The highest BCUT2D eigenvalue weighted by molar-refractivity contribution is 5.88. The Morgan fingerprint density at radius 1 is 1.27 bits per heavy atom. The molecule has 0 amide bonds. The number of benzene rings is 1. The summed E-state index contributed by atoms with van der Waals surface area (Å²) >= 11 is 0. The molecule has 3 rings (SSSR count). The maximum atomic E-state index is 11.6. The van der Waals surface area contributed by atoms with E-state index in [0.29, 0.717) is 18.3 Å². The van der Waals surface area contributed by atoms with Crippen LogP contribution in [0.3, 0.4) is 0 Å². The van der Waals surface area contributed by atoms with Crippen molar-refractivity contribution in [2.45, 2.75) is 39.7 Å². The molecule has 1 aromatic carbocycles. The predicted octanol–water partition coefficient (Wildman–Crippen LogP) is 3.62. The lowest BCUT2D eigenvalue weighted by molar-refractivity contribution is -0.117. The Hall–Kier alpha value is -2.43. The van der Waals surface area contributed by atoms with Gasteiger partial charge in [0, 0.05) is 17.3 Å². The number of aryl methyl sites for hydroxylation is 1. The highest BCUT2D eigenvalue weighted by atomic mass is 16.4. The van der Waals surface area contributed by atoms with Gasteiger partial charge >= 0.3 is 0 Å². The third kappa shape index (κ3) is 2.79. The van der Waals surface area contributed by atoms with Gasteiger partial charge < -0.3 is 8.98 Å². The quantitative estimate of drug-likeness (QED) is 0.697. The van der Waals surface area contributed by atoms with E-state index in [2.05, 4.69) is 17.1 Å². The number of hydrogen-bond donors (Lipinski definition) is 0. The van der Waals surface area contributed by atoms with Gasteiger partial charge in [0.2, 0.25) is 5.89 Å². The van der Waals surface area contributed by atoms with Gasteiger partial charge in [-0.25, -0.2) is 0 Å². The lowest BCUT2D eigenvalue weighted by atomic mass is 10.2. The zero-order chi connectivity index (χ0) is 15.5. The molecular formula is C17H19N3O2. The molecule has 0 radical (unpaired) electrons. The first-order valence-electron chi connectivity index (χ1n) is 7.59. The van der Waals surface area contributed by atoms with Crippen molar-refractivity contribution >= 4 is 16.7 Å². The predicted molar refractivity (Wildman–Crippen MR) is 84.5 cm³/mol. The average molecular weight is 297 g/mol. The normalized spacial score (nSPS) is 11.2. The van der Waals surface area contributed by atoms with Gasteiger partial charge in [0.05, 0.1) is 6.54 Å². The molecule has 3 aromatic rings. The van der Waals surface area contributed by atoms with Gasteiger partial charge in [-0.1, -0.05) is 31.5 Å². The molecule has 5 nitrogen and oxygen atoms in total. The molecule has 0 aliphatic carbocycles. The summed E-state index contributed by atoms with van der Waals surface area (Å²) in [7, 11) is 0. The smallest absolute Gasteiger partial charge is 0.264 e. The minimum absolute atomic E-state index is 0.0910. The minimum atomic E-state index is 0.0910. The number of Topliss-reactive ketones (excluding diaryl/α,β-unsaturated/α-hetero) is 1. The molecule has 0 aliphatic heterocycles. The van der Waals surface area contributed by atoms with Crippen LogP contribution >= 0.6 is 0 Å². The van der Waals surface area contributed by atoms with Gasteiger partial charge in [-0.2, -0.15) is 0 Å². The molecule has 0 atom stereocenters. The van der Waals surface area contributed by atoms with E-state index in [-0.39, 0.29) is 5.78 Å². The van der Waals surface area contributed by atoms with Crippen LogP contribution in [-0.4, -0.2) is 20.5 Å². The van der Waals surface area contributed by atoms with Gasteiger partial charge in [-0.15, -0.1) is 10.2 Å². The van der Waals surface area contributed by atoms with Gasteiger partial charge in [0.1, 0.15) is 11.5 Å². The van der Waals surface area contributed by atoms with Crippen molar-refractivity contribution in [1.82, 2.24) is 14.8 Å². The van der Waals surface area contributed by atoms with Crippen molar-refractivity contribution in [3.8, 4) is 11.6 Å². The molecule has 0 fully saturated rings. The summed E-state index contributed by atoms with van der Waals surface area (Å²) < 4.78 is 7.71. The van der Waals surface area contributed by atoms with E-state index in [0.717, 1.165) is 35.9 Å². The van der Waals surface area contributed by atoms with Crippen LogP contribution in [0.1, 0.15) is 32.6 Å². The van der Waals surface area contributed by atoms with Gasteiger partial charge in [0.25, 0.3) is 5.89 Å². The largest absolute Gasteiger partial charge is 0.419 e. The minimum Gasteiger partial charge on any atom is -0.419 e. The molecule has 0 unspecified atom stereocenters. The van der Waals surface area contributed by atoms with Gasteiger partial charge in [0.15, 0.2) is 0 Å². The second kappa shape index (κ2) is 6.13. The third-order valence-corrected chi connectivity index (χ3v) is 3.62. The van der Waals surface area contributed by atoms with Crippen molar-refractivity contribution in [3.05, 3.63) is 36.2 Å². The van der Waals surface area contributed by atoms with Crippen LogP contribution in [0.15, 0.2) is 34.7 Å². The van der Waals surface area contributed by atoms with Crippen molar-refractivity contribution in [2.24, 2.45) is 0 Å². The standard InChI is InChI=1S/C17H19N3O2/c1-3-4-9-16-18-19-17(22-16)15-10-13-7-5-6-8-14(13)20(15)11-12(2)21/h5-8,10H,3-4,9,11H2,1-2H3. The van der Waals surface area contributed by atoms with Crippen LogP contribution < -0.4 is 0 Å². The third-order valence-electron chi connectivity index (χ3n) is 3.62. The maximum Gasteiger partial charge on any atom is 0.264 e. The summed E-state index contributed by atoms with van der Waals surface area (Å²) in [5.74, 6) is 1.22. The van der Waals surface area contributed by atoms with Crippen LogP contribution in [0.2, 0.25) is 0 Å². The van der Waals surface area contributed by atoms with Crippen LogP contribution in [0.5, 0.6) is 0 Å². The molecule has 0 N–H and O–H groups in total. The Bertz CT molecular complexity index is 801. The average Bonchev–Trinajstić information content (AvgIpc) is 3.10. The van der Waals surface area contributed by atoms with Crippen LogP contribution in [0.4, 0.5) is 0 Å². The summed E-state index contributed by atoms with van der Waals surface area (Å²) in [6.45, 7) is 4.01. The summed E-state index contributed by atoms with van der Waals surface area (Å²) in [5, 5.41) is 9.32. The Balaban J connectivity index is 2.05. The number of unbranched alkanes of at least 4 members (excludes halogenated alkanes) is 1. The Kier molecular flexibility index (Phi) is 4.04. The lowest BCUT2D eigenvalue weighted by Gasteiger charge is -2.05. The number of ketones is 1. The second-order valence-corrected chi connectivity index (χ2v) is 5.48. The van der Waals surface area contributed by atoms with Crippen LogP contribution in [0, 0.1) is 0 Å². The Morgan fingerprint density at radius 3 is 2.86 bits per heavy atom. The van der Waals surface area contributed by atoms with Gasteiger partial charge in [-0.3, -0.25) is 4.79 Å². The molecule has 5 heteroatoms. The summed E-state index contributed by atoms with van der Waals surface area (Å²) in [6, 6.07) is 9.95. The maximum absolute atomic E-state index is 11.6. The fourth-order valence-electron chi connectivity index (χ4n) is 2.57. The number of aromatic nitrogens is 3. The van der Waals surface area contributed by atoms with E-state index in [9.17, 15) is 4.79 Å². The molecular weight excluding hydrogens is 278 g/mol. The highest BCUT2D eigenvalue weighted by Crippen LogP contribution is 2.27. The van der Waals surface area contributed by atoms with E-state index in [1.54, 1.807) is 6.92 Å². The molecule has 22 heavy (non-hydrogen) atoms. The molecule has 0 saturated heterocycles. The van der Waals surface area contributed by atoms with E-state index in [1.165, 1.54) is 0 Å². The molecule has 2 aromatic heterocycles. The number of para-hydroxylation sites is 1. The number of hydrogen-bond acceptors (Lipinski definition) is 4. The van der Waals surface area contributed by atoms with E-state index in [1.807, 2.05) is 34.9 Å². The first-order chi connectivity index (χ1) is 10.7. The fourth-order valence-corrected chi connectivity index (χ4v) is 2.57. The molecule has 2 heterocycles. The zero-order valence-electron chi connectivity index (χ0n) is 12.9. The van der Waals surface area contributed by atoms with E-state index in [4.69, 9.17) is 4.42 Å². The zero-order valence-corrected chi connectivity index (χ0v) is 12.9. The molecule has 0 spiro atoms. The number of carbonyl (C=O) groups excluding carboxylic acids is 1. The monoisotopic (exact) mass is 297 g/mol. The molecule has 0 aliphatic rings. The van der Waals surface area contributed by atoms with E-state index < -0.39 is 0 Å². The number of nitrogens with zero attached hydrogens (tertiary/aromatic N) is 3. The van der Waals surface area contributed by atoms with Crippen LogP contribution in [0.25, 0.3) is 22.5 Å². The summed E-state index contributed by atoms with van der Waals surface area (Å²) in [6.07, 6.45) is 2.90. The first kappa shape index (κ1) is 14.5. The first-order valence-corrected chi connectivity index (χ1v) is 7.59. The van der Waals surface area contributed by atoms with Crippen molar-refractivity contribution in [3.63, 3.8) is 0 Å². The summed E-state index contributed by atoms with van der Waals surface area (Å²) in [5.41, 5.74) is 1.80. The topological polar surface area (TPSA) is 60.9 Å². The van der Waals surface area contributed by atoms with Crippen molar-refractivity contribution < 1.29 is 9.21 Å². The number of carbonyl (C=O) groups is 1. The summed E-state index contributed by atoms with van der Waals surface area (Å²) in [4.78, 5) is 11.6. The van der Waals surface area contributed by atoms with E-state index >= 15 is 0 Å². The Labute approximate surface area is 129 Å².